The Hall–Kier alpha value is -2.14. The summed E-state index contributed by atoms with van der Waals surface area (Å²) in [6, 6.07) is 8.20. The number of benzene rings is 1. The van der Waals surface area contributed by atoms with Crippen molar-refractivity contribution in [2.24, 2.45) is 0 Å². The van der Waals surface area contributed by atoms with Gasteiger partial charge in [0.25, 0.3) is 0 Å². The molecule has 0 unspecified atom stereocenters. The molecule has 2 atom stereocenters. The van der Waals surface area contributed by atoms with Gasteiger partial charge in [0.1, 0.15) is 6.10 Å². The van der Waals surface area contributed by atoms with Gasteiger partial charge >= 0.3 is 5.97 Å². The van der Waals surface area contributed by atoms with E-state index in [4.69, 9.17) is 4.74 Å². The fourth-order valence-electron chi connectivity index (χ4n) is 5.28. The van der Waals surface area contributed by atoms with Crippen LogP contribution in [-0.2, 0) is 9.53 Å². The van der Waals surface area contributed by atoms with Gasteiger partial charge in [0.05, 0.1) is 18.2 Å². The van der Waals surface area contributed by atoms with Crippen LogP contribution in [0.2, 0.25) is 0 Å². The number of allylic oxidation sites excluding steroid dienone is 1. The van der Waals surface area contributed by atoms with Gasteiger partial charge in [-0.15, -0.1) is 0 Å². The number of amides is 1. The van der Waals surface area contributed by atoms with Gasteiger partial charge < -0.3 is 15.2 Å². The molecule has 1 rings (SSSR count). The van der Waals surface area contributed by atoms with Gasteiger partial charge in [0, 0.05) is 6.42 Å². The summed E-state index contributed by atoms with van der Waals surface area (Å²) < 4.78 is 5.79. The van der Waals surface area contributed by atoms with E-state index in [1.807, 2.05) is 18.2 Å². The number of nitrogens with one attached hydrogen (secondary N) is 1. The van der Waals surface area contributed by atoms with Crippen LogP contribution >= 0.6 is 0 Å². The molecule has 0 aliphatic carbocycles. The van der Waals surface area contributed by atoms with Gasteiger partial charge in [-0.3, -0.25) is 4.79 Å². The summed E-state index contributed by atoms with van der Waals surface area (Å²) >= 11 is 0. The van der Waals surface area contributed by atoms with Crippen molar-refractivity contribution in [3.8, 4) is 0 Å². The zero-order valence-corrected chi connectivity index (χ0v) is 27.1. The van der Waals surface area contributed by atoms with E-state index in [2.05, 4.69) is 19.2 Å². The molecule has 1 aromatic carbocycles. The Bertz CT molecular complexity index is 794. The van der Waals surface area contributed by atoms with E-state index in [9.17, 15) is 14.7 Å². The SMILES string of the molecule is CCCCCCCCCCCCCC=C[C@@H](OC(=O)c1ccccc1)[C@H](CO)NC(=O)CCCCCCCCCCC. The zero-order chi connectivity index (χ0) is 30.5. The summed E-state index contributed by atoms with van der Waals surface area (Å²) in [6.45, 7) is 4.20. The summed E-state index contributed by atoms with van der Waals surface area (Å²) in [5, 5.41) is 13.1. The predicted molar refractivity (Wildman–Crippen MR) is 177 cm³/mol. The molecule has 0 saturated carbocycles. The largest absolute Gasteiger partial charge is 0.452 e. The van der Waals surface area contributed by atoms with Crippen molar-refractivity contribution < 1.29 is 19.4 Å². The third-order valence-electron chi connectivity index (χ3n) is 8.00. The van der Waals surface area contributed by atoms with Crippen LogP contribution in [-0.4, -0.2) is 35.7 Å². The first-order valence-corrected chi connectivity index (χ1v) is 17.4. The number of hydrogen-bond acceptors (Lipinski definition) is 4. The quantitative estimate of drug-likeness (QED) is 0.0583. The number of esters is 1. The Kier molecular flexibility index (Phi) is 25.0. The van der Waals surface area contributed by atoms with Gasteiger partial charge in [-0.2, -0.15) is 0 Å². The molecule has 42 heavy (non-hydrogen) atoms. The average molecular weight is 586 g/mol. The van der Waals surface area contributed by atoms with Crippen molar-refractivity contribution in [2.75, 3.05) is 6.61 Å². The van der Waals surface area contributed by atoms with Gasteiger partial charge in [0.15, 0.2) is 0 Å². The minimum Gasteiger partial charge on any atom is -0.452 e. The smallest absolute Gasteiger partial charge is 0.338 e. The van der Waals surface area contributed by atoms with E-state index in [0.29, 0.717) is 12.0 Å². The molecule has 0 saturated heterocycles. The lowest BCUT2D eigenvalue weighted by Crippen LogP contribution is -2.46. The van der Waals surface area contributed by atoms with Crippen molar-refractivity contribution in [1.29, 1.82) is 0 Å². The van der Waals surface area contributed by atoms with E-state index in [-0.39, 0.29) is 12.5 Å². The number of ether oxygens (including phenoxy) is 1. The summed E-state index contributed by atoms with van der Waals surface area (Å²) in [7, 11) is 0. The van der Waals surface area contributed by atoms with Crippen LogP contribution in [0.25, 0.3) is 0 Å². The van der Waals surface area contributed by atoms with Crippen molar-refractivity contribution in [3.05, 3.63) is 48.0 Å². The summed E-state index contributed by atoms with van der Waals surface area (Å²) in [5.41, 5.74) is 0.457. The average Bonchev–Trinajstić information content (AvgIpc) is 3.01. The highest BCUT2D eigenvalue weighted by atomic mass is 16.5. The van der Waals surface area contributed by atoms with E-state index in [0.717, 1.165) is 32.1 Å². The molecular formula is C37H63NO4. The maximum atomic E-state index is 12.8. The van der Waals surface area contributed by atoms with Crippen LogP contribution in [0.4, 0.5) is 0 Å². The standard InChI is InChI=1S/C37H63NO4/c1-3-5-7-9-11-13-14-15-16-18-19-21-26-30-35(42-37(41)33-28-24-23-25-29-33)34(32-39)38-36(40)31-27-22-20-17-12-10-8-6-4-2/h23-26,28-30,34-35,39H,3-22,27,31-32H2,1-2H3,(H,38,40)/t34-,35+/m0/s1. The van der Waals surface area contributed by atoms with Gasteiger partial charge in [0.2, 0.25) is 5.91 Å². The molecule has 240 valence electrons. The predicted octanol–water partition coefficient (Wildman–Crippen LogP) is 9.87. The minimum atomic E-state index is -0.720. The van der Waals surface area contributed by atoms with Crippen LogP contribution < -0.4 is 5.32 Å². The molecule has 1 amide bonds. The van der Waals surface area contributed by atoms with Gasteiger partial charge in [-0.1, -0.05) is 154 Å². The number of carbonyl (C=O) groups is 2. The van der Waals surface area contributed by atoms with E-state index in [1.165, 1.54) is 103 Å². The molecule has 5 heteroatoms. The van der Waals surface area contributed by atoms with Crippen molar-refractivity contribution in [2.45, 2.75) is 167 Å². The number of aliphatic hydroxyl groups excluding tert-OH is 1. The van der Waals surface area contributed by atoms with Crippen molar-refractivity contribution in [1.82, 2.24) is 5.32 Å². The second kappa shape index (κ2) is 27.7. The highest BCUT2D eigenvalue weighted by molar-refractivity contribution is 5.89. The number of aliphatic hydroxyl groups is 1. The number of rotatable bonds is 28. The Morgan fingerprint density at radius 2 is 1.19 bits per heavy atom. The molecule has 1 aromatic rings. The highest BCUT2D eigenvalue weighted by Gasteiger charge is 2.24. The number of hydrogen-bond donors (Lipinski definition) is 2. The van der Waals surface area contributed by atoms with Crippen LogP contribution in [0, 0.1) is 0 Å². The first-order chi connectivity index (χ1) is 20.6. The van der Waals surface area contributed by atoms with E-state index in [1.54, 1.807) is 24.3 Å². The first-order valence-electron chi connectivity index (χ1n) is 17.4. The normalized spacial score (nSPS) is 12.8. The minimum absolute atomic E-state index is 0.100. The van der Waals surface area contributed by atoms with Crippen LogP contribution in [0.5, 0.6) is 0 Å². The fourth-order valence-corrected chi connectivity index (χ4v) is 5.28. The molecule has 0 aromatic heterocycles. The summed E-state index contributed by atoms with van der Waals surface area (Å²) in [5.74, 6) is -0.553. The molecule has 2 N–H and O–H groups in total. The van der Waals surface area contributed by atoms with Crippen molar-refractivity contribution >= 4 is 11.9 Å². The topological polar surface area (TPSA) is 75.6 Å². The van der Waals surface area contributed by atoms with E-state index < -0.39 is 18.1 Å². The lowest BCUT2D eigenvalue weighted by atomic mass is 10.0. The maximum absolute atomic E-state index is 12.8. The fraction of sp³-hybridized carbons (Fsp3) is 0.730. The third kappa shape index (κ3) is 20.7. The van der Waals surface area contributed by atoms with Crippen LogP contribution in [0.1, 0.15) is 165 Å². The van der Waals surface area contributed by atoms with Crippen LogP contribution in [0.3, 0.4) is 0 Å². The summed E-state index contributed by atoms with van der Waals surface area (Å²) in [6.07, 6.45) is 29.5. The Balaban J connectivity index is 2.45. The van der Waals surface area contributed by atoms with Gasteiger partial charge in [-0.25, -0.2) is 4.79 Å². The zero-order valence-electron chi connectivity index (χ0n) is 27.1. The second-order valence-corrected chi connectivity index (χ2v) is 11.9. The third-order valence-corrected chi connectivity index (χ3v) is 8.00. The Morgan fingerprint density at radius 1 is 0.714 bits per heavy atom. The molecular weight excluding hydrogens is 522 g/mol. The van der Waals surface area contributed by atoms with Gasteiger partial charge in [-0.05, 0) is 37.5 Å². The maximum Gasteiger partial charge on any atom is 0.338 e. The Labute approximate surface area is 258 Å². The van der Waals surface area contributed by atoms with E-state index >= 15 is 0 Å². The second-order valence-electron chi connectivity index (χ2n) is 11.9. The highest BCUT2D eigenvalue weighted by Crippen LogP contribution is 2.14. The lowest BCUT2D eigenvalue weighted by molar-refractivity contribution is -0.123. The molecule has 0 bridgehead atoms. The molecule has 0 radical (unpaired) electrons. The number of unbranched alkanes of at least 4 members (excludes halogenated alkanes) is 19. The van der Waals surface area contributed by atoms with Crippen LogP contribution in [0.15, 0.2) is 42.5 Å². The Morgan fingerprint density at radius 3 is 1.69 bits per heavy atom. The lowest BCUT2D eigenvalue weighted by Gasteiger charge is -2.24. The monoisotopic (exact) mass is 585 g/mol. The molecule has 0 heterocycles. The number of carbonyl (C=O) groups excluding carboxylic acids is 2. The molecule has 0 spiro atoms. The summed E-state index contributed by atoms with van der Waals surface area (Å²) in [4.78, 5) is 25.5. The molecule has 0 aliphatic heterocycles. The molecule has 0 aliphatic rings. The van der Waals surface area contributed by atoms with Crippen molar-refractivity contribution in [3.63, 3.8) is 0 Å². The molecule has 5 nitrogen and oxygen atoms in total. The molecule has 0 fully saturated rings. The first kappa shape index (κ1) is 37.9.